The second-order valence-electron chi connectivity index (χ2n) is 7.39. The van der Waals surface area contributed by atoms with Crippen LogP contribution in [-0.2, 0) is 10.2 Å². The van der Waals surface area contributed by atoms with Crippen molar-refractivity contribution in [3.8, 4) is 6.07 Å². The second-order valence-corrected chi connectivity index (χ2v) is 7.39. The third kappa shape index (κ3) is 3.66. The van der Waals surface area contributed by atoms with E-state index in [1.807, 2.05) is 37.3 Å². The molecule has 0 aromatic heterocycles. The van der Waals surface area contributed by atoms with E-state index in [0.29, 0.717) is 25.2 Å². The highest BCUT2D eigenvalue weighted by atomic mass is 16.6. The van der Waals surface area contributed by atoms with Gasteiger partial charge in [-0.3, -0.25) is 14.9 Å². The zero-order valence-electron chi connectivity index (χ0n) is 16.4. The summed E-state index contributed by atoms with van der Waals surface area (Å²) in [6.07, 6.45) is 2.11. The van der Waals surface area contributed by atoms with Crippen LogP contribution in [0.5, 0.6) is 0 Å². The van der Waals surface area contributed by atoms with Crippen molar-refractivity contribution < 1.29 is 9.72 Å². The molecule has 2 aromatic carbocycles. The lowest BCUT2D eigenvalue weighted by Gasteiger charge is -2.43. The molecular weight excluding hydrogens is 368 g/mol. The maximum atomic E-state index is 12.6. The smallest absolute Gasteiger partial charge is 0.270 e. The summed E-state index contributed by atoms with van der Waals surface area (Å²) in [6.45, 7) is 3.30. The Morgan fingerprint density at radius 1 is 1.28 bits per heavy atom. The fraction of sp³-hybridized carbons (Fsp3) is 0.364. The van der Waals surface area contributed by atoms with Crippen LogP contribution in [0.1, 0.15) is 37.3 Å². The van der Waals surface area contributed by atoms with E-state index >= 15 is 0 Å². The molecule has 3 rings (SSSR count). The molecule has 1 aliphatic heterocycles. The van der Waals surface area contributed by atoms with Crippen LogP contribution in [0, 0.1) is 27.4 Å². The van der Waals surface area contributed by atoms with Crippen LogP contribution in [0.25, 0.3) is 0 Å². The quantitative estimate of drug-likeness (QED) is 0.597. The number of rotatable bonds is 6. The van der Waals surface area contributed by atoms with Crippen molar-refractivity contribution in [3.05, 3.63) is 69.8 Å². The molecule has 0 spiro atoms. The lowest BCUT2D eigenvalue weighted by Crippen LogP contribution is -2.50. The third-order valence-corrected chi connectivity index (χ3v) is 6.13. The summed E-state index contributed by atoms with van der Waals surface area (Å²) in [6, 6.07) is 16.1. The van der Waals surface area contributed by atoms with Gasteiger partial charge in [-0.1, -0.05) is 37.3 Å². The van der Waals surface area contributed by atoms with Crippen LogP contribution >= 0.6 is 0 Å². The van der Waals surface area contributed by atoms with Gasteiger partial charge in [-0.15, -0.1) is 0 Å². The number of nitro groups is 1. The topological polar surface area (TPSA) is 113 Å². The van der Waals surface area contributed by atoms with Crippen molar-refractivity contribution >= 4 is 17.3 Å². The number of nitro benzene ring substituents is 1. The van der Waals surface area contributed by atoms with Gasteiger partial charge in [0.1, 0.15) is 6.07 Å². The predicted octanol–water partition coefficient (Wildman–Crippen LogP) is 3.52. The molecule has 7 heteroatoms. The molecule has 1 saturated heterocycles. The van der Waals surface area contributed by atoms with E-state index in [1.54, 1.807) is 6.07 Å². The maximum Gasteiger partial charge on any atom is 0.270 e. The lowest BCUT2D eigenvalue weighted by atomic mass is 9.64. The average Bonchev–Trinajstić information content (AvgIpc) is 2.75. The minimum absolute atomic E-state index is 0.0900. The van der Waals surface area contributed by atoms with Crippen LogP contribution in [0.15, 0.2) is 48.5 Å². The number of nitrogens with two attached hydrogens (primary N) is 1. The number of amides is 1. The highest BCUT2D eigenvalue weighted by molar-refractivity contribution is 5.87. The molecule has 2 aromatic rings. The third-order valence-electron chi connectivity index (χ3n) is 6.13. The average molecular weight is 392 g/mol. The Hall–Kier alpha value is -3.40. The molecule has 1 fully saturated rings. The van der Waals surface area contributed by atoms with Crippen LogP contribution in [0.2, 0.25) is 0 Å². The van der Waals surface area contributed by atoms with E-state index in [9.17, 15) is 20.2 Å². The summed E-state index contributed by atoms with van der Waals surface area (Å²) < 4.78 is 0. The molecule has 1 atom stereocenters. The fourth-order valence-electron chi connectivity index (χ4n) is 4.60. The van der Waals surface area contributed by atoms with Gasteiger partial charge >= 0.3 is 0 Å². The van der Waals surface area contributed by atoms with E-state index in [4.69, 9.17) is 5.73 Å². The Morgan fingerprint density at radius 3 is 2.45 bits per heavy atom. The Kier molecular flexibility index (Phi) is 5.83. The molecule has 0 radical (unpaired) electrons. The predicted molar refractivity (Wildman–Crippen MR) is 110 cm³/mol. The van der Waals surface area contributed by atoms with Gasteiger partial charge in [0.15, 0.2) is 0 Å². The summed E-state index contributed by atoms with van der Waals surface area (Å²) in [4.78, 5) is 25.1. The van der Waals surface area contributed by atoms with Gasteiger partial charge in [0.05, 0.1) is 21.6 Å². The molecular formula is C22H24N4O3. The van der Waals surface area contributed by atoms with Gasteiger partial charge < -0.3 is 10.6 Å². The second kappa shape index (κ2) is 8.31. The lowest BCUT2D eigenvalue weighted by molar-refractivity contribution is -0.384. The number of primary amides is 1. The van der Waals surface area contributed by atoms with Crippen molar-refractivity contribution in [3.63, 3.8) is 0 Å². The fourth-order valence-corrected chi connectivity index (χ4v) is 4.60. The van der Waals surface area contributed by atoms with Gasteiger partial charge in [0.2, 0.25) is 5.91 Å². The number of nitriles is 1. The summed E-state index contributed by atoms with van der Waals surface area (Å²) in [5.74, 6) is -0.218. The number of non-ortho nitro benzene ring substituents is 1. The zero-order chi connectivity index (χ0) is 21.0. The number of piperidine rings is 1. The first-order valence-corrected chi connectivity index (χ1v) is 9.73. The minimum atomic E-state index is -0.721. The number of anilines is 1. The largest absolute Gasteiger partial charge is 0.370 e. The van der Waals surface area contributed by atoms with Crippen LogP contribution in [-0.4, -0.2) is 23.9 Å². The summed E-state index contributed by atoms with van der Waals surface area (Å²) in [7, 11) is 0. The molecule has 1 heterocycles. The highest BCUT2D eigenvalue weighted by Gasteiger charge is 2.45. The first-order valence-electron chi connectivity index (χ1n) is 9.73. The van der Waals surface area contributed by atoms with Crippen LogP contribution in [0.3, 0.4) is 0 Å². The van der Waals surface area contributed by atoms with Crippen molar-refractivity contribution in [2.24, 2.45) is 11.7 Å². The molecule has 150 valence electrons. The summed E-state index contributed by atoms with van der Waals surface area (Å²) in [5, 5.41) is 20.4. The summed E-state index contributed by atoms with van der Waals surface area (Å²) >= 11 is 0. The first kappa shape index (κ1) is 20.3. The van der Waals surface area contributed by atoms with E-state index < -0.39 is 10.3 Å². The molecule has 0 aliphatic carbocycles. The number of nitrogens with zero attached hydrogens (tertiary/aromatic N) is 3. The van der Waals surface area contributed by atoms with Crippen LogP contribution < -0.4 is 10.6 Å². The number of carbonyl (C=O) groups excluding carboxylic acids is 1. The zero-order valence-corrected chi connectivity index (χ0v) is 16.4. The van der Waals surface area contributed by atoms with Crippen molar-refractivity contribution in [2.45, 2.75) is 31.6 Å². The first-order chi connectivity index (χ1) is 13.9. The van der Waals surface area contributed by atoms with Gasteiger partial charge in [-0.05, 0) is 36.8 Å². The SMILES string of the molecule is CCC(C(N)=O)(c1ccccc1)C1CCN(c2ccc([N+](=O)[O-])cc2C#N)CC1. The van der Waals surface area contributed by atoms with Crippen molar-refractivity contribution in [1.29, 1.82) is 5.26 Å². The normalized spacial score (nSPS) is 16.6. The van der Waals surface area contributed by atoms with E-state index in [1.165, 1.54) is 12.1 Å². The standard InChI is InChI=1S/C22H24N4O3/c1-2-22(21(24)27,17-6-4-3-5-7-17)18-10-12-25(13-11-18)20-9-8-19(26(28)29)14-16(20)15-23/h3-9,14,18H,2,10-13H2,1H3,(H2,24,27). The molecule has 2 N–H and O–H groups in total. The molecule has 7 nitrogen and oxygen atoms in total. The molecule has 0 saturated carbocycles. The van der Waals surface area contributed by atoms with Gasteiger partial charge in [-0.25, -0.2) is 0 Å². The van der Waals surface area contributed by atoms with Crippen LogP contribution in [0.4, 0.5) is 11.4 Å². The molecule has 1 aliphatic rings. The van der Waals surface area contributed by atoms with Crippen molar-refractivity contribution in [2.75, 3.05) is 18.0 Å². The summed E-state index contributed by atoms with van der Waals surface area (Å²) in [5.41, 5.74) is 7.03. The number of hydrogen-bond acceptors (Lipinski definition) is 5. The molecule has 1 unspecified atom stereocenters. The van der Waals surface area contributed by atoms with Gasteiger partial charge in [0.25, 0.3) is 5.69 Å². The van der Waals surface area contributed by atoms with E-state index in [-0.39, 0.29) is 23.1 Å². The number of carbonyl (C=O) groups is 1. The van der Waals surface area contributed by atoms with Gasteiger partial charge in [0, 0.05) is 25.2 Å². The minimum Gasteiger partial charge on any atom is -0.370 e. The Morgan fingerprint density at radius 2 is 1.93 bits per heavy atom. The maximum absolute atomic E-state index is 12.6. The monoisotopic (exact) mass is 392 g/mol. The van der Waals surface area contributed by atoms with Crippen molar-refractivity contribution in [1.82, 2.24) is 0 Å². The molecule has 1 amide bonds. The Bertz CT molecular complexity index is 946. The van der Waals surface area contributed by atoms with E-state index in [2.05, 4.69) is 11.0 Å². The van der Waals surface area contributed by atoms with E-state index in [0.717, 1.165) is 18.4 Å². The molecule has 0 bridgehead atoms. The van der Waals surface area contributed by atoms with Gasteiger partial charge in [-0.2, -0.15) is 5.26 Å². The molecule has 29 heavy (non-hydrogen) atoms. The Labute approximate surface area is 169 Å². The number of benzene rings is 2. The number of hydrogen-bond donors (Lipinski definition) is 1. The highest BCUT2D eigenvalue weighted by Crippen LogP contribution is 2.42. The Balaban J connectivity index is 1.85.